The van der Waals surface area contributed by atoms with Crippen molar-refractivity contribution < 1.29 is 17.9 Å². The Kier molecular flexibility index (Phi) is 6.02. The van der Waals surface area contributed by atoms with Crippen LogP contribution in [0.3, 0.4) is 0 Å². The van der Waals surface area contributed by atoms with Gasteiger partial charge in [0.2, 0.25) is 10.0 Å². The van der Waals surface area contributed by atoms with Gasteiger partial charge >= 0.3 is 0 Å². The lowest BCUT2D eigenvalue weighted by Gasteiger charge is -2.34. The van der Waals surface area contributed by atoms with E-state index in [-0.39, 0.29) is 41.8 Å². The zero-order valence-corrected chi connectivity index (χ0v) is 19.3. The number of rotatable bonds is 5. The van der Waals surface area contributed by atoms with Crippen molar-refractivity contribution in [1.29, 1.82) is 0 Å². The third-order valence-corrected chi connectivity index (χ3v) is 7.13. The molecule has 4 rings (SSSR count). The van der Waals surface area contributed by atoms with Crippen molar-refractivity contribution in [2.75, 3.05) is 18.4 Å². The second kappa shape index (κ2) is 8.61. The number of anilines is 1. The molecule has 1 aliphatic rings. The van der Waals surface area contributed by atoms with Crippen LogP contribution in [-0.4, -0.2) is 58.7 Å². The molecule has 2 aromatic heterocycles. The van der Waals surface area contributed by atoms with E-state index in [1.165, 1.54) is 16.4 Å². The van der Waals surface area contributed by atoms with Crippen LogP contribution in [0.5, 0.6) is 0 Å². The topological polar surface area (TPSA) is 106 Å². The Morgan fingerprint density at radius 3 is 2.56 bits per heavy atom. The standard InChI is InChI=1S/C22H27N5O4S/c1-14(2)27-21-18(10-24-27)8-19(11-23-21)25-22(28)17-6-5-7-20(9-17)32(29,30)26-12-15(3)31-16(4)13-26/h5-11,14-16H,12-13H2,1-4H3,(H,25,28)/t15-,16-/m1/s1. The van der Waals surface area contributed by atoms with Gasteiger partial charge in [-0.2, -0.15) is 9.40 Å². The number of fused-ring (bicyclic) bond motifs is 1. The summed E-state index contributed by atoms with van der Waals surface area (Å²) in [5, 5.41) is 7.93. The summed E-state index contributed by atoms with van der Waals surface area (Å²) in [6.45, 7) is 8.28. The quantitative estimate of drug-likeness (QED) is 0.631. The molecular weight excluding hydrogens is 430 g/mol. The number of amides is 1. The first kappa shape index (κ1) is 22.4. The molecule has 3 heterocycles. The van der Waals surface area contributed by atoms with E-state index in [1.54, 1.807) is 30.6 Å². The lowest BCUT2D eigenvalue weighted by molar-refractivity contribution is -0.0440. The highest BCUT2D eigenvalue weighted by Crippen LogP contribution is 2.23. The molecule has 1 amide bonds. The molecule has 3 aromatic rings. The summed E-state index contributed by atoms with van der Waals surface area (Å²) in [5.74, 6) is -0.414. The van der Waals surface area contributed by atoms with Gasteiger partial charge in [0.15, 0.2) is 5.65 Å². The Bertz CT molecular complexity index is 1240. The lowest BCUT2D eigenvalue weighted by atomic mass is 10.2. The van der Waals surface area contributed by atoms with Gasteiger partial charge in [-0.1, -0.05) is 6.07 Å². The van der Waals surface area contributed by atoms with E-state index < -0.39 is 15.9 Å². The highest BCUT2D eigenvalue weighted by atomic mass is 32.2. The zero-order chi connectivity index (χ0) is 23.0. The molecule has 0 aliphatic carbocycles. The number of nitrogens with zero attached hydrogens (tertiary/aromatic N) is 4. The van der Waals surface area contributed by atoms with Gasteiger partial charge in [-0.05, 0) is 52.0 Å². The maximum atomic E-state index is 13.1. The minimum absolute atomic E-state index is 0.0817. The van der Waals surface area contributed by atoms with Crippen LogP contribution in [-0.2, 0) is 14.8 Å². The first-order chi connectivity index (χ1) is 15.1. The van der Waals surface area contributed by atoms with Crippen molar-refractivity contribution >= 4 is 32.7 Å². The molecule has 32 heavy (non-hydrogen) atoms. The van der Waals surface area contributed by atoms with Crippen LogP contribution in [0, 0.1) is 0 Å². The van der Waals surface area contributed by atoms with Crippen molar-refractivity contribution in [2.45, 2.75) is 50.8 Å². The first-order valence-corrected chi connectivity index (χ1v) is 12.0. The monoisotopic (exact) mass is 457 g/mol. The molecule has 0 spiro atoms. The molecule has 170 valence electrons. The van der Waals surface area contributed by atoms with Crippen LogP contribution in [0.25, 0.3) is 11.0 Å². The number of ether oxygens (including phenoxy) is 1. The van der Waals surface area contributed by atoms with Crippen LogP contribution in [0.4, 0.5) is 5.69 Å². The molecule has 9 nitrogen and oxygen atoms in total. The number of hydrogen-bond acceptors (Lipinski definition) is 6. The van der Waals surface area contributed by atoms with Crippen LogP contribution < -0.4 is 5.32 Å². The fourth-order valence-electron chi connectivity index (χ4n) is 3.86. The van der Waals surface area contributed by atoms with Gasteiger partial charge in [0.25, 0.3) is 5.91 Å². The maximum absolute atomic E-state index is 13.1. The first-order valence-electron chi connectivity index (χ1n) is 10.6. The van der Waals surface area contributed by atoms with Gasteiger partial charge < -0.3 is 10.1 Å². The zero-order valence-electron chi connectivity index (χ0n) is 18.5. The molecule has 1 fully saturated rings. The van der Waals surface area contributed by atoms with Gasteiger partial charge in [-0.25, -0.2) is 18.1 Å². The molecule has 0 radical (unpaired) electrons. The highest BCUT2D eigenvalue weighted by Gasteiger charge is 2.32. The number of sulfonamides is 1. The summed E-state index contributed by atoms with van der Waals surface area (Å²) in [7, 11) is -3.74. The second-order valence-corrected chi connectivity index (χ2v) is 10.3. The van der Waals surface area contributed by atoms with Crippen LogP contribution in [0.2, 0.25) is 0 Å². The van der Waals surface area contributed by atoms with Gasteiger partial charge in [-0.3, -0.25) is 4.79 Å². The van der Waals surface area contributed by atoms with Gasteiger partial charge in [0.1, 0.15) is 0 Å². The maximum Gasteiger partial charge on any atom is 0.255 e. The molecule has 0 unspecified atom stereocenters. The molecule has 1 saturated heterocycles. The Morgan fingerprint density at radius 1 is 1.16 bits per heavy atom. The number of carbonyl (C=O) groups excluding carboxylic acids is 1. The van der Waals surface area contributed by atoms with Crippen molar-refractivity contribution in [3.63, 3.8) is 0 Å². The summed E-state index contributed by atoms with van der Waals surface area (Å²) in [5.41, 5.74) is 1.49. The number of carbonyl (C=O) groups is 1. The molecule has 1 aromatic carbocycles. The normalized spacial score (nSPS) is 20.0. The molecule has 1 N–H and O–H groups in total. The van der Waals surface area contributed by atoms with E-state index in [2.05, 4.69) is 15.4 Å². The van der Waals surface area contributed by atoms with Crippen LogP contribution in [0.1, 0.15) is 44.1 Å². The summed E-state index contributed by atoms with van der Waals surface area (Å²) < 4.78 is 35.1. The van der Waals surface area contributed by atoms with Crippen molar-refractivity contribution in [3.05, 3.63) is 48.3 Å². The average molecular weight is 458 g/mol. The summed E-state index contributed by atoms with van der Waals surface area (Å²) in [4.78, 5) is 17.3. The van der Waals surface area contributed by atoms with Crippen molar-refractivity contribution in [1.82, 2.24) is 19.1 Å². The fraction of sp³-hybridized carbons (Fsp3) is 0.409. The van der Waals surface area contributed by atoms with Crippen molar-refractivity contribution in [3.8, 4) is 0 Å². The highest BCUT2D eigenvalue weighted by molar-refractivity contribution is 7.89. The average Bonchev–Trinajstić information content (AvgIpc) is 3.16. The molecule has 0 saturated carbocycles. The summed E-state index contributed by atoms with van der Waals surface area (Å²) >= 11 is 0. The third-order valence-electron chi connectivity index (χ3n) is 5.30. The summed E-state index contributed by atoms with van der Waals surface area (Å²) in [6.07, 6.45) is 2.89. The SMILES string of the molecule is CC(C)n1ncc2cc(NC(=O)c3cccc(S(=O)(=O)N4C[C@@H](C)O[C@H](C)C4)c3)cnc21. The number of benzene rings is 1. The van der Waals surface area contributed by atoms with Gasteiger partial charge in [0, 0.05) is 30.1 Å². The van der Waals surface area contributed by atoms with Gasteiger partial charge in [-0.15, -0.1) is 0 Å². The number of hydrogen-bond donors (Lipinski definition) is 1. The van der Waals surface area contributed by atoms with E-state index in [9.17, 15) is 13.2 Å². The third kappa shape index (κ3) is 4.38. The van der Waals surface area contributed by atoms with E-state index in [0.29, 0.717) is 5.69 Å². The van der Waals surface area contributed by atoms with Crippen LogP contribution >= 0.6 is 0 Å². The van der Waals surface area contributed by atoms with Crippen molar-refractivity contribution in [2.24, 2.45) is 0 Å². The second-order valence-electron chi connectivity index (χ2n) is 8.38. The van der Waals surface area contributed by atoms with Gasteiger partial charge in [0.05, 0.1) is 35.2 Å². The number of nitrogens with one attached hydrogen (secondary N) is 1. The Morgan fingerprint density at radius 2 is 1.88 bits per heavy atom. The fourth-order valence-corrected chi connectivity index (χ4v) is 5.50. The van der Waals surface area contributed by atoms with E-state index >= 15 is 0 Å². The van der Waals surface area contributed by atoms with E-state index in [4.69, 9.17) is 4.74 Å². The molecule has 0 bridgehead atoms. The van der Waals surface area contributed by atoms with Crippen LogP contribution in [0.15, 0.2) is 47.6 Å². The number of aromatic nitrogens is 3. The Hall–Kier alpha value is -2.82. The van der Waals surface area contributed by atoms with E-state index in [1.807, 2.05) is 32.4 Å². The lowest BCUT2D eigenvalue weighted by Crippen LogP contribution is -2.48. The largest absolute Gasteiger partial charge is 0.373 e. The predicted octanol–water partition coefficient (Wildman–Crippen LogP) is 3.06. The Labute approximate surface area is 187 Å². The van der Waals surface area contributed by atoms with E-state index in [0.717, 1.165) is 11.0 Å². The summed E-state index contributed by atoms with van der Waals surface area (Å²) in [6, 6.07) is 8.03. The minimum atomic E-state index is -3.74. The number of morpholine rings is 1. The molecule has 2 atom stereocenters. The number of pyridine rings is 1. The predicted molar refractivity (Wildman–Crippen MR) is 121 cm³/mol. The molecule has 1 aliphatic heterocycles. The Balaban J connectivity index is 1.55. The molecular formula is C22H27N5O4S. The smallest absolute Gasteiger partial charge is 0.255 e. The molecule has 10 heteroatoms. The minimum Gasteiger partial charge on any atom is -0.373 e.